The molecule has 0 bridgehead atoms. The molecule has 0 aromatic heterocycles. The third kappa shape index (κ3) is 2.44. The Morgan fingerprint density at radius 3 is 2.50 bits per heavy atom. The zero-order chi connectivity index (χ0) is 11.7. The summed E-state index contributed by atoms with van der Waals surface area (Å²) in [6.45, 7) is 4.25. The zero-order valence-electron chi connectivity index (χ0n) is 9.33. The third-order valence-electron chi connectivity index (χ3n) is 2.89. The van der Waals surface area contributed by atoms with Gasteiger partial charge >= 0.3 is 0 Å². The van der Waals surface area contributed by atoms with Crippen molar-refractivity contribution in [3.63, 3.8) is 0 Å². The molecule has 0 radical (unpaired) electrons. The van der Waals surface area contributed by atoms with E-state index in [0.717, 1.165) is 11.5 Å². The minimum absolute atomic E-state index is 0.249. The first kappa shape index (κ1) is 11.6. The lowest BCUT2D eigenvalue weighted by molar-refractivity contribution is 0.458. The van der Waals surface area contributed by atoms with Crippen LogP contribution in [0.4, 0.5) is 0 Å². The average Bonchev–Trinajstić information content (AvgIpc) is 2.15. The Kier molecular flexibility index (Phi) is 3.30. The maximum Gasteiger partial charge on any atom is 0.170 e. The number of nitrogens with one attached hydrogen (secondary N) is 4. The van der Waals surface area contributed by atoms with Crippen LogP contribution < -0.4 is 21.3 Å². The van der Waals surface area contributed by atoms with Gasteiger partial charge in [-0.15, -0.1) is 0 Å². The van der Waals surface area contributed by atoms with Crippen LogP contribution in [0.1, 0.15) is 20.3 Å². The SMILES string of the molecule is C[C@H]1C[C@@H](C2=CNC(=S)N[C@@H]2C)NC(=S)N1. The van der Waals surface area contributed by atoms with Crippen molar-refractivity contribution in [1.29, 1.82) is 0 Å². The lowest BCUT2D eigenvalue weighted by atomic mass is 9.93. The molecular formula is C10H16N4S2. The Morgan fingerprint density at radius 2 is 1.88 bits per heavy atom. The molecule has 0 amide bonds. The first-order valence-electron chi connectivity index (χ1n) is 5.40. The number of hydrogen-bond donors (Lipinski definition) is 4. The van der Waals surface area contributed by atoms with Crippen molar-refractivity contribution in [3.05, 3.63) is 11.8 Å². The lowest BCUT2D eigenvalue weighted by Gasteiger charge is -2.36. The number of thiocarbonyl (C=S) groups is 2. The highest BCUT2D eigenvalue weighted by atomic mass is 32.1. The second-order valence-corrected chi connectivity index (χ2v) is 5.11. The average molecular weight is 256 g/mol. The molecule has 88 valence electrons. The van der Waals surface area contributed by atoms with Crippen molar-refractivity contribution in [2.45, 2.75) is 38.4 Å². The summed E-state index contributed by atoms with van der Waals surface area (Å²) in [5, 5.41) is 14.1. The van der Waals surface area contributed by atoms with Gasteiger partial charge in [-0.25, -0.2) is 0 Å². The van der Waals surface area contributed by atoms with E-state index in [-0.39, 0.29) is 12.1 Å². The van der Waals surface area contributed by atoms with Gasteiger partial charge in [0.25, 0.3) is 0 Å². The fourth-order valence-corrected chi connectivity index (χ4v) is 2.69. The van der Waals surface area contributed by atoms with Gasteiger partial charge < -0.3 is 21.3 Å². The van der Waals surface area contributed by atoms with E-state index in [1.807, 2.05) is 6.20 Å². The first-order chi connectivity index (χ1) is 7.56. The maximum absolute atomic E-state index is 5.17. The minimum Gasteiger partial charge on any atom is -0.360 e. The molecule has 1 fully saturated rings. The van der Waals surface area contributed by atoms with Crippen molar-refractivity contribution in [3.8, 4) is 0 Å². The largest absolute Gasteiger partial charge is 0.360 e. The molecule has 2 aliphatic heterocycles. The molecule has 0 spiro atoms. The van der Waals surface area contributed by atoms with Gasteiger partial charge in [-0.2, -0.15) is 0 Å². The van der Waals surface area contributed by atoms with Crippen LogP contribution >= 0.6 is 24.4 Å². The van der Waals surface area contributed by atoms with E-state index >= 15 is 0 Å². The van der Waals surface area contributed by atoms with Crippen LogP contribution in [0.5, 0.6) is 0 Å². The highest BCUT2D eigenvalue weighted by Crippen LogP contribution is 2.17. The standard InChI is InChI=1S/C10H16N4S2/c1-5-3-8(14-10(16)12-5)7-4-11-9(15)13-6(7)2/h4-6,8H,3H2,1-2H3,(H2,11,13,15)(H2,12,14,16)/t5-,6+,8-/m0/s1. The molecule has 3 atom stereocenters. The molecule has 2 aliphatic rings. The highest BCUT2D eigenvalue weighted by Gasteiger charge is 2.28. The molecule has 1 saturated heterocycles. The van der Waals surface area contributed by atoms with Gasteiger partial charge in [-0.1, -0.05) is 0 Å². The summed E-state index contributed by atoms with van der Waals surface area (Å²) in [7, 11) is 0. The van der Waals surface area contributed by atoms with Crippen molar-refractivity contribution in [1.82, 2.24) is 21.3 Å². The summed E-state index contributed by atoms with van der Waals surface area (Å²) in [6.07, 6.45) is 3.01. The van der Waals surface area contributed by atoms with Crippen molar-refractivity contribution in [2.75, 3.05) is 0 Å². The molecule has 4 nitrogen and oxygen atoms in total. The summed E-state index contributed by atoms with van der Waals surface area (Å²) < 4.78 is 0. The van der Waals surface area contributed by atoms with E-state index in [4.69, 9.17) is 24.4 Å². The van der Waals surface area contributed by atoms with E-state index in [9.17, 15) is 0 Å². The van der Waals surface area contributed by atoms with E-state index in [1.54, 1.807) is 0 Å². The van der Waals surface area contributed by atoms with E-state index in [1.165, 1.54) is 5.57 Å². The van der Waals surface area contributed by atoms with Crippen molar-refractivity contribution < 1.29 is 0 Å². The van der Waals surface area contributed by atoms with Crippen LogP contribution in [0.25, 0.3) is 0 Å². The predicted molar refractivity (Wildman–Crippen MR) is 73.2 cm³/mol. The van der Waals surface area contributed by atoms with E-state index in [0.29, 0.717) is 11.2 Å². The first-order valence-corrected chi connectivity index (χ1v) is 6.22. The van der Waals surface area contributed by atoms with Crippen LogP contribution in [0.2, 0.25) is 0 Å². The normalized spacial score (nSPS) is 34.1. The van der Waals surface area contributed by atoms with E-state index in [2.05, 4.69) is 35.1 Å². The van der Waals surface area contributed by atoms with Gasteiger partial charge in [-0.05, 0) is 50.3 Å². The summed E-state index contributed by atoms with van der Waals surface area (Å²) in [6, 6.07) is 0.932. The Balaban J connectivity index is 2.12. The quantitative estimate of drug-likeness (QED) is 0.508. The zero-order valence-corrected chi connectivity index (χ0v) is 11.0. The Labute approximate surface area is 106 Å². The minimum atomic E-state index is 0.249. The topological polar surface area (TPSA) is 48.1 Å². The molecule has 4 N–H and O–H groups in total. The van der Waals surface area contributed by atoms with Gasteiger partial charge in [0.1, 0.15) is 0 Å². The van der Waals surface area contributed by atoms with Crippen LogP contribution in [-0.4, -0.2) is 28.4 Å². The van der Waals surface area contributed by atoms with Gasteiger partial charge in [-0.3, -0.25) is 0 Å². The molecule has 0 aliphatic carbocycles. The smallest absolute Gasteiger partial charge is 0.170 e. The molecule has 16 heavy (non-hydrogen) atoms. The van der Waals surface area contributed by atoms with Crippen molar-refractivity contribution in [2.24, 2.45) is 0 Å². The fourth-order valence-electron chi connectivity index (χ4n) is 2.11. The third-order valence-corrected chi connectivity index (χ3v) is 3.36. The van der Waals surface area contributed by atoms with Crippen LogP contribution in [0.15, 0.2) is 11.8 Å². The second-order valence-electron chi connectivity index (χ2n) is 4.29. The van der Waals surface area contributed by atoms with Gasteiger partial charge in [0.15, 0.2) is 10.2 Å². The molecule has 6 heteroatoms. The Morgan fingerprint density at radius 1 is 1.12 bits per heavy atom. The monoisotopic (exact) mass is 256 g/mol. The molecule has 0 unspecified atom stereocenters. The molecule has 2 heterocycles. The highest BCUT2D eigenvalue weighted by molar-refractivity contribution is 7.80. The Bertz CT molecular complexity index is 353. The van der Waals surface area contributed by atoms with Crippen LogP contribution in [0, 0.1) is 0 Å². The van der Waals surface area contributed by atoms with E-state index < -0.39 is 0 Å². The number of rotatable bonds is 1. The van der Waals surface area contributed by atoms with Crippen LogP contribution in [0.3, 0.4) is 0 Å². The van der Waals surface area contributed by atoms with Gasteiger partial charge in [0, 0.05) is 12.2 Å². The Hall–Kier alpha value is -0.880. The van der Waals surface area contributed by atoms with Crippen molar-refractivity contribution >= 4 is 34.7 Å². The lowest BCUT2D eigenvalue weighted by Crippen LogP contribution is -2.57. The van der Waals surface area contributed by atoms with Crippen LogP contribution in [-0.2, 0) is 0 Å². The summed E-state index contributed by atoms with van der Waals surface area (Å²) in [4.78, 5) is 0. The molecular weight excluding hydrogens is 240 g/mol. The predicted octanol–water partition coefficient (Wildman–Crippen LogP) is 0.361. The second kappa shape index (κ2) is 4.55. The maximum atomic E-state index is 5.17. The van der Waals surface area contributed by atoms with Gasteiger partial charge in [0.05, 0.1) is 12.1 Å². The van der Waals surface area contributed by atoms with Gasteiger partial charge in [0.2, 0.25) is 0 Å². The molecule has 0 aromatic carbocycles. The summed E-state index contributed by atoms with van der Waals surface area (Å²) in [5.41, 5.74) is 1.27. The molecule has 0 aromatic rings. The molecule has 2 rings (SSSR count). The summed E-state index contributed by atoms with van der Waals surface area (Å²) >= 11 is 10.2. The summed E-state index contributed by atoms with van der Waals surface area (Å²) in [5.74, 6) is 0. The fraction of sp³-hybridized carbons (Fsp3) is 0.600. The molecule has 0 saturated carbocycles. The number of hydrogen-bond acceptors (Lipinski definition) is 2.